The molecule has 0 atom stereocenters. The molecule has 0 spiro atoms. The van der Waals surface area contributed by atoms with Crippen molar-refractivity contribution in [2.75, 3.05) is 6.54 Å². The lowest BCUT2D eigenvalue weighted by Crippen LogP contribution is -2.29. The fourth-order valence-electron chi connectivity index (χ4n) is 0.539. The Labute approximate surface area is 59.8 Å². The Hall–Kier alpha value is 0.440. The second kappa shape index (κ2) is 3.46. The maximum absolute atomic E-state index is 5.48. The molecule has 0 rings (SSSR count). The molecule has 0 bridgehead atoms. The van der Waals surface area contributed by atoms with E-state index in [4.69, 9.17) is 5.73 Å². The van der Waals surface area contributed by atoms with Gasteiger partial charge in [-0.05, 0) is 12.8 Å². The largest absolute Gasteiger partial charge is 0.329 e. The molecule has 8 heavy (non-hydrogen) atoms. The van der Waals surface area contributed by atoms with Crippen molar-refractivity contribution in [3.05, 3.63) is 0 Å². The zero-order valence-corrected chi connectivity index (χ0v) is 7.16. The van der Waals surface area contributed by atoms with Crippen LogP contribution in [0.1, 0.15) is 26.7 Å². The second-order valence-electron chi connectivity index (χ2n) is 2.06. The molecule has 1 nitrogen and oxygen atoms in total. The van der Waals surface area contributed by atoms with E-state index in [9.17, 15) is 0 Å². The Kier molecular flexibility index (Phi) is 3.65. The summed E-state index contributed by atoms with van der Waals surface area (Å²) in [4.78, 5) is 0. The molecule has 0 heterocycles. The van der Waals surface area contributed by atoms with Crippen LogP contribution in [0.25, 0.3) is 0 Å². The van der Waals surface area contributed by atoms with Crippen LogP contribution < -0.4 is 5.73 Å². The predicted octanol–water partition coefficient (Wildman–Crippen LogP) is 1.90. The maximum atomic E-state index is 5.48. The first-order valence-electron chi connectivity index (χ1n) is 3.07. The summed E-state index contributed by atoms with van der Waals surface area (Å²) in [5.74, 6) is 0. The third-order valence-corrected chi connectivity index (χ3v) is 3.08. The molecule has 0 aliphatic heterocycles. The van der Waals surface area contributed by atoms with Gasteiger partial charge in [0, 0.05) is 10.9 Å². The van der Waals surface area contributed by atoms with Crippen LogP contribution in [0.4, 0.5) is 0 Å². The van der Waals surface area contributed by atoms with Gasteiger partial charge in [0.05, 0.1) is 0 Å². The molecular formula is C6H14BrN. The SMILES string of the molecule is CCC(Br)(CC)CN. The number of hydrogen-bond acceptors (Lipinski definition) is 1. The van der Waals surface area contributed by atoms with Gasteiger partial charge in [-0.25, -0.2) is 0 Å². The molecule has 0 aromatic carbocycles. The quantitative estimate of drug-likeness (QED) is 0.659. The van der Waals surface area contributed by atoms with Crippen molar-refractivity contribution in [3.8, 4) is 0 Å². The minimum atomic E-state index is 0.215. The first-order chi connectivity index (χ1) is 3.68. The monoisotopic (exact) mass is 179 g/mol. The third-order valence-electron chi connectivity index (χ3n) is 1.63. The van der Waals surface area contributed by atoms with Crippen molar-refractivity contribution in [2.24, 2.45) is 5.73 Å². The van der Waals surface area contributed by atoms with E-state index in [2.05, 4.69) is 29.8 Å². The van der Waals surface area contributed by atoms with Gasteiger partial charge in [-0.2, -0.15) is 0 Å². The molecule has 0 aromatic rings. The van der Waals surface area contributed by atoms with Crippen molar-refractivity contribution in [2.45, 2.75) is 31.0 Å². The Bertz CT molecular complexity index is 51.3. The van der Waals surface area contributed by atoms with Gasteiger partial charge in [-0.3, -0.25) is 0 Å². The summed E-state index contributed by atoms with van der Waals surface area (Å²) in [7, 11) is 0. The van der Waals surface area contributed by atoms with E-state index in [1.54, 1.807) is 0 Å². The highest BCUT2D eigenvalue weighted by molar-refractivity contribution is 9.10. The molecule has 0 radical (unpaired) electrons. The Morgan fingerprint density at radius 2 is 1.75 bits per heavy atom. The molecule has 50 valence electrons. The lowest BCUT2D eigenvalue weighted by atomic mass is 10.0. The van der Waals surface area contributed by atoms with E-state index in [0.29, 0.717) is 0 Å². The van der Waals surface area contributed by atoms with Crippen LogP contribution in [-0.2, 0) is 0 Å². The van der Waals surface area contributed by atoms with Gasteiger partial charge in [0.2, 0.25) is 0 Å². The fourth-order valence-corrected chi connectivity index (χ4v) is 0.539. The summed E-state index contributed by atoms with van der Waals surface area (Å²) < 4.78 is 0.215. The normalized spacial score (nSPS) is 12.0. The number of nitrogens with two attached hydrogens (primary N) is 1. The molecule has 0 unspecified atom stereocenters. The minimum Gasteiger partial charge on any atom is -0.329 e. The van der Waals surface area contributed by atoms with Crippen LogP contribution in [0.3, 0.4) is 0 Å². The van der Waals surface area contributed by atoms with Crippen molar-refractivity contribution >= 4 is 15.9 Å². The van der Waals surface area contributed by atoms with Crippen molar-refractivity contribution in [1.82, 2.24) is 0 Å². The highest BCUT2D eigenvalue weighted by atomic mass is 79.9. The molecule has 2 heteroatoms. The summed E-state index contributed by atoms with van der Waals surface area (Å²) in [6.45, 7) is 5.02. The standard InChI is InChI=1S/C6H14BrN/c1-3-6(7,4-2)5-8/h3-5,8H2,1-2H3. The molecule has 0 aliphatic rings. The van der Waals surface area contributed by atoms with Gasteiger partial charge in [0.15, 0.2) is 0 Å². The van der Waals surface area contributed by atoms with Gasteiger partial charge in [-0.1, -0.05) is 29.8 Å². The first-order valence-corrected chi connectivity index (χ1v) is 3.87. The van der Waals surface area contributed by atoms with Crippen LogP contribution >= 0.6 is 15.9 Å². The summed E-state index contributed by atoms with van der Waals surface area (Å²) in [6.07, 6.45) is 2.22. The average Bonchev–Trinajstić information content (AvgIpc) is 1.87. The minimum absolute atomic E-state index is 0.215. The van der Waals surface area contributed by atoms with Gasteiger partial charge in [-0.15, -0.1) is 0 Å². The second-order valence-corrected chi connectivity index (χ2v) is 3.74. The molecule has 0 aromatic heterocycles. The molecule has 0 fully saturated rings. The molecule has 2 N–H and O–H groups in total. The van der Waals surface area contributed by atoms with Crippen molar-refractivity contribution in [1.29, 1.82) is 0 Å². The van der Waals surface area contributed by atoms with E-state index in [1.807, 2.05) is 0 Å². The van der Waals surface area contributed by atoms with Gasteiger partial charge in [0.25, 0.3) is 0 Å². The van der Waals surface area contributed by atoms with Crippen LogP contribution in [0, 0.1) is 0 Å². The molecule has 0 saturated carbocycles. The van der Waals surface area contributed by atoms with Crippen LogP contribution in [-0.4, -0.2) is 10.9 Å². The summed E-state index contributed by atoms with van der Waals surface area (Å²) >= 11 is 3.56. The number of halogens is 1. The van der Waals surface area contributed by atoms with Crippen LogP contribution in [0.2, 0.25) is 0 Å². The van der Waals surface area contributed by atoms with E-state index >= 15 is 0 Å². The van der Waals surface area contributed by atoms with Gasteiger partial charge >= 0.3 is 0 Å². The molecule has 0 amide bonds. The van der Waals surface area contributed by atoms with Gasteiger partial charge in [0.1, 0.15) is 0 Å². The fraction of sp³-hybridized carbons (Fsp3) is 1.00. The Morgan fingerprint density at radius 3 is 1.75 bits per heavy atom. The highest BCUT2D eigenvalue weighted by Crippen LogP contribution is 2.23. The summed E-state index contributed by atoms with van der Waals surface area (Å²) in [5, 5.41) is 0. The Morgan fingerprint density at radius 1 is 1.38 bits per heavy atom. The lowest BCUT2D eigenvalue weighted by Gasteiger charge is -2.20. The van der Waals surface area contributed by atoms with E-state index in [0.717, 1.165) is 19.4 Å². The van der Waals surface area contributed by atoms with Crippen molar-refractivity contribution in [3.63, 3.8) is 0 Å². The average molecular weight is 180 g/mol. The van der Waals surface area contributed by atoms with E-state index < -0.39 is 0 Å². The van der Waals surface area contributed by atoms with Gasteiger partial charge < -0.3 is 5.73 Å². The first kappa shape index (κ1) is 8.44. The number of hydrogen-bond donors (Lipinski definition) is 1. The Balaban J connectivity index is 3.58. The van der Waals surface area contributed by atoms with E-state index in [1.165, 1.54) is 0 Å². The smallest absolute Gasteiger partial charge is 0.0374 e. The highest BCUT2D eigenvalue weighted by Gasteiger charge is 2.18. The third kappa shape index (κ3) is 2.14. The van der Waals surface area contributed by atoms with Crippen molar-refractivity contribution < 1.29 is 0 Å². The predicted molar refractivity (Wildman–Crippen MR) is 41.3 cm³/mol. The lowest BCUT2D eigenvalue weighted by molar-refractivity contribution is 0.571. The number of alkyl halides is 1. The van der Waals surface area contributed by atoms with Crippen LogP contribution in [0.5, 0.6) is 0 Å². The zero-order chi connectivity index (χ0) is 6.62. The molecular weight excluding hydrogens is 166 g/mol. The molecule has 0 aliphatic carbocycles. The summed E-state index contributed by atoms with van der Waals surface area (Å²) in [5.41, 5.74) is 5.48. The zero-order valence-electron chi connectivity index (χ0n) is 5.58. The molecule has 0 saturated heterocycles. The topological polar surface area (TPSA) is 26.0 Å². The maximum Gasteiger partial charge on any atom is 0.0374 e. The number of rotatable bonds is 3. The van der Waals surface area contributed by atoms with Crippen LogP contribution in [0.15, 0.2) is 0 Å². The van der Waals surface area contributed by atoms with E-state index in [-0.39, 0.29) is 4.32 Å². The summed E-state index contributed by atoms with van der Waals surface area (Å²) in [6, 6.07) is 0.